The highest BCUT2D eigenvalue weighted by molar-refractivity contribution is 5.97. The van der Waals surface area contributed by atoms with Crippen LogP contribution in [-0.4, -0.2) is 59.9 Å². The molecule has 0 radical (unpaired) electrons. The number of carbonyl (C=O) groups is 1. The van der Waals surface area contributed by atoms with Gasteiger partial charge in [0.05, 0.1) is 40.7 Å². The average Bonchev–Trinajstić information content (AvgIpc) is 2.71. The molecule has 156 valence electrons. The minimum absolute atomic E-state index is 0.137. The van der Waals surface area contributed by atoms with Gasteiger partial charge in [-0.1, -0.05) is 6.58 Å². The van der Waals surface area contributed by atoms with Gasteiger partial charge in [0.15, 0.2) is 11.5 Å². The molecule has 2 aromatic rings. The van der Waals surface area contributed by atoms with Gasteiger partial charge in [0, 0.05) is 11.6 Å². The van der Waals surface area contributed by atoms with Gasteiger partial charge in [-0.15, -0.1) is 0 Å². The second kappa shape index (κ2) is 9.84. The first-order chi connectivity index (χ1) is 13.8. The van der Waals surface area contributed by atoms with E-state index in [0.29, 0.717) is 34.3 Å². The van der Waals surface area contributed by atoms with Crippen LogP contribution in [0.4, 0.5) is 5.69 Å². The number of methoxy groups -OCH3 is 4. The summed E-state index contributed by atoms with van der Waals surface area (Å²) in [5.74, 6) is 2.04. The minimum Gasteiger partial charge on any atom is -0.497 e. The van der Waals surface area contributed by atoms with Gasteiger partial charge in [-0.05, 0) is 49.5 Å². The van der Waals surface area contributed by atoms with Crippen molar-refractivity contribution in [1.82, 2.24) is 4.90 Å². The standard InChI is InChI=1S/C22H28N2O5/c1-14(15-10-19(27-5)22(29-7)20(11-15)28-6)17-9-8-16(26-4)12-18(17)23-21(25)13-24(2)3/h8-12H,1,13H2,2-7H3,(H,23,25). The third kappa shape index (κ3) is 5.20. The van der Waals surface area contributed by atoms with E-state index in [1.54, 1.807) is 39.4 Å². The van der Waals surface area contributed by atoms with Crippen molar-refractivity contribution in [2.45, 2.75) is 0 Å². The summed E-state index contributed by atoms with van der Waals surface area (Å²) >= 11 is 0. The van der Waals surface area contributed by atoms with Crippen LogP contribution in [0, 0.1) is 0 Å². The van der Waals surface area contributed by atoms with Crippen molar-refractivity contribution >= 4 is 17.2 Å². The molecule has 0 spiro atoms. The highest BCUT2D eigenvalue weighted by atomic mass is 16.5. The number of nitrogens with one attached hydrogen (secondary N) is 1. The summed E-state index contributed by atoms with van der Waals surface area (Å²) in [5, 5.41) is 2.94. The Morgan fingerprint density at radius 3 is 2.07 bits per heavy atom. The maximum atomic E-state index is 12.3. The molecule has 7 nitrogen and oxygen atoms in total. The third-order valence-corrected chi connectivity index (χ3v) is 4.30. The minimum atomic E-state index is -0.137. The number of hydrogen-bond donors (Lipinski definition) is 1. The topological polar surface area (TPSA) is 69.3 Å². The molecule has 0 fully saturated rings. The van der Waals surface area contributed by atoms with E-state index < -0.39 is 0 Å². The normalized spacial score (nSPS) is 10.4. The molecule has 2 aromatic carbocycles. The molecule has 1 amide bonds. The van der Waals surface area contributed by atoms with Crippen molar-refractivity contribution in [1.29, 1.82) is 0 Å². The average molecular weight is 400 g/mol. The Hall–Kier alpha value is -3.19. The van der Waals surface area contributed by atoms with Gasteiger partial charge in [-0.2, -0.15) is 0 Å². The zero-order chi connectivity index (χ0) is 21.6. The zero-order valence-electron chi connectivity index (χ0n) is 17.8. The molecule has 0 aliphatic carbocycles. The molecular weight excluding hydrogens is 372 g/mol. The van der Waals surface area contributed by atoms with Gasteiger partial charge >= 0.3 is 0 Å². The Morgan fingerprint density at radius 2 is 1.59 bits per heavy atom. The highest BCUT2D eigenvalue weighted by Gasteiger charge is 2.18. The maximum absolute atomic E-state index is 12.3. The predicted molar refractivity (Wildman–Crippen MR) is 114 cm³/mol. The second-order valence-electron chi connectivity index (χ2n) is 6.59. The summed E-state index contributed by atoms with van der Waals surface area (Å²) in [6.45, 7) is 4.49. The Kier molecular flexibility index (Phi) is 7.50. The van der Waals surface area contributed by atoms with Gasteiger partial charge < -0.3 is 29.2 Å². The summed E-state index contributed by atoms with van der Waals surface area (Å²) in [6.07, 6.45) is 0. The molecule has 0 unspecified atom stereocenters. The fraction of sp³-hybridized carbons (Fsp3) is 0.318. The van der Waals surface area contributed by atoms with Crippen LogP contribution < -0.4 is 24.3 Å². The monoisotopic (exact) mass is 400 g/mol. The lowest BCUT2D eigenvalue weighted by Gasteiger charge is -2.18. The smallest absolute Gasteiger partial charge is 0.238 e. The number of amides is 1. The lowest BCUT2D eigenvalue weighted by atomic mass is 9.97. The van der Waals surface area contributed by atoms with Crippen LogP contribution in [-0.2, 0) is 4.79 Å². The summed E-state index contributed by atoms with van der Waals surface area (Å²) < 4.78 is 21.6. The van der Waals surface area contributed by atoms with Gasteiger partial charge in [0.2, 0.25) is 11.7 Å². The first-order valence-electron chi connectivity index (χ1n) is 8.96. The van der Waals surface area contributed by atoms with E-state index in [2.05, 4.69) is 11.9 Å². The van der Waals surface area contributed by atoms with Crippen molar-refractivity contribution in [3.63, 3.8) is 0 Å². The van der Waals surface area contributed by atoms with Crippen LogP contribution in [0.25, 0.3) is 5.57 Å². The quantitative estimate of drug-likeness (QED) is 0.697. The second-order valence-corrected chi connectivity index (χ2v) is 6.59. The number of hydrogen-bond acceptors (Lipinski definition) is 6. The van der Waals surface area contributed by atoms with Crippen LogP contribution in [0.5, 0.6) is 23.0 Å². The Labute approximate surface area is 171 Å². The Morgan fingerprint density at radius 1 is 0.966 bits per heavy atom. The van der Waals surface area contributed by atoms with Crippen molar-refractivity contribution in [3.8, 4) is 23.0 Å². The number of benzene rings is 2. The van der Waals surface area contributed by atoms with Crippen LogP contribution in [0.2, 0.25) is 0 Å². The first kappa shape index (κ1) is 22.1. The molecule has 0 bridgehead atoms. The van der Waals surface area contributed by atoms with Gasteiger partial charge in [0.1, 0.15) is 5.75 Å². The molecule has 1 N–H and O–H groups in total. The molecule has 0 heterocycles. The van der Waals surface area contributed by atoms with Crippen LogP contribution in [0.15, 0.2) is 36.9 Å². The molecule has 0 saturated carbocycles. The predicted octanol–water partition coefficient (Wildman–Crippen LogP) is 3.28. The SMILES string of the molecule is C=C(c1cc(OC)c(OC)c(OC)c1)c1ccc(OC)cc1NC(=O)CN(C)C. The molecule has 0 aromatic heterocycles. The zero-order valence-corrected chi connectivity index (χ0v) is 17.8. The Balaban J connectivity index is 2.50. The summed E-state index contributed by atoms with van der Waals surface area (Å²) in [5.41, 5.74) is 2.82. The lowest BCUT2D eigenvalue weighted by molar-refractivity contribution is -0.116. The van der Waals surface area contributed by atoms with Crippen molar-refractivity contribution in [2.24, 2.45) is 0 Å². The van der Waals surface area contributed by atoms with Gasteiger partial charge in [0.25, 0.3) is 0 Å². The summed E-state index contributed by atoms with van der Waals surface area (Å²) in [7, 11) is 9.92. The van der Waals surface area contributed by atoms with E-state index in [1.807, 2.05) is 38.4 Å². The van der Waals surface area contributed by atoms with E-state index in [-0.39, 0.29) is 12.5 Å². The fourth-order valence-electron chi connectivity index (χ4n) is 2.90. The number of ether oxygens (including phenoxy) is 4. The van der Waals surface area contributed by atoms with Crippen LogP contribution in [0.3, 0.4) is 0 Å². The molecule has 2 rings (SSSR count). The maximum Gasteiger partial charge on any atom is 0.238 e. The highest BCUT2D eigenvalue weighted by Crippen LogP contribution is 2.41. The molecular formula is C22H28N2O5. The van der Waals surface area contributed by atoms with Crippen molar-refractivity contribution < 1.29 is 23.7 Å². The summed E-state index contributed by atoms with van der Waals surface area (Å²) in [6, 6.07) is 9.08. The molecule has 0 aliphatic rings. The van der Waals surface area contributed by atoms with E-state index in [1.165, 1.54) is 0 Å². The summed E-state index contributed by atoms with van der Waals surface area (Å²) in [4.78, 5) is 14.1. The molecule has 0 atom stereocenters. The molecule has 29 heavy (non-hydrogen) atoms. The van der Waals surface area contributed by atoms with E-state index >= 15 is 0 Å². The molecule has 7 heteroatoms. The fourth-order valence-corrected chi connectivity index (χ4v) is 2.90. The first-order valence-corrected chi connectivity index (χ1v) is 8.96. The van der Waals surface area contributed by atoms with E-state index in [0.717, 1.165) is 11.1 Å². The van der Waals surface area contributed by atoms with Gasteiger partial charge in [-0.3, -0.25) is 4.79 Å². The number of anilines is 1. The number of nitrogens with zero attached hydrogens (tertiary/aromatic N) is 1. The van der Waals surface area contributed by atoms with E-state index in [4.69, 9.17) is 18.9 Å². The van der Waals surface area contributed by atoms with Crippen LogP contribution >= 0.6 is 0 Å². The number of rotatable bonds is 9. The van der Waals surface area contributed by atoms with Gasteiger partial charge in [-0.25, -0.2) is 0 Å². The number of likely N-dealkylation sites (N-methyl/N-ethyl adjacent to an activating group) is 1. The third-order valence-electron chi connectivity index (χ3n) is 4.30. The lowest BCUT2D eigenvalue weighted by Crippen LogP contribution is -2.27. The largest absolute Gasteiger partial charge is 0.497 e. The number of carbonyl (C=O) groups excluding carboxylic acids is 1. The van der Waals surface area contributed by atoms with Crippen molar-refractivity contribution in [3.05, 3.63) is 48.0 Å². The van der Waals surface area contributed by atoms with E-state index in [9.17, 15) is 4.79 Å². The van der Waals surface area contributed by atoms with Crippen LogP contribution in [0.1, 0.15) is 11.1 Å². The van der Waals surface area contributed by atoms with Crippen molar-refractivity contribution in [2.75, 3.05) is 54.4 Å². The molecule has 0 aliphatic heterocycles. The Bertz CT molecular complexity index is 868. The molecule has 0 saturated heterocycles.